The SMILES string of the molecule is CCNCC(=O)Nc1cc(C)ccc1F. The number of hydrogen-bond acceptors (Lipinski definition) is 2. The van der Waals surface area contributed by atoms with E-state index >= 15 is 0 Å². The Labute approximate surface area is 88.7 Å². The average Bonchev–Trinajstić information content (AvgIpc) is 2.20. The van der Waals surface area contributed by atoms with Crippen molar-refractivity contribution in [2.75, 3.05) is 18.4 Å². The van der Waals surface area contributed by atoms with Crippen molar-refractivity contribution in [3.8, 4) is 0 Å². The third-order valence-electron chi connectivity index (χ3n) is 1.93. The Balaban J connectivity index is 2.63. The molecule has 0 unspecified atom stereocenters. The van der Waals surface area contributed by atoms with Gasteiger partial charge in [-0.2, -0.15) is 0 Å². The fourth-order valence-corrected chi connectivity index (χ4v) is 1.17. The summed E-state index contributed by atoms with van der Waals surface area (Å²) in [5.41, 5.74) is 1.15. The van der Waals surface area contributed by atoms with Crippen LogP contribution in [0.4, 0.5) is 10.1 Å². The molecule has 1 aromatic carbocycles. The minimum Gasteiger partial charge on any atom is -0.322 e. The van der Waals surface area contributed by atoms with Crippen molar-refractivity contribution in [1.29, 1.82) is 0 Å². The lowest BCUT2D eigenvalue weighted by atomic mass is 10.2. The Bertz CT molecular complexity index is 352. The minimum atomic E-state index is -0.412. The van der Waals surface area contributed by atoms with Crippen molar-refractivity contribution in [2.24, 2.45) is 0 Å². The lowest BCUT2D eigenvalue weighted by Crippen LogP contribution is -2.28. The zero-order valence-electron chi connectivity index (χ0n) is 8.93. The van der Waals surface area contributed by atoms with Crippen LogP contribution >= 0.6 is 0 Å². The van der Waals surface area contributed by atoms with Gasteiger partial charge in [-0.25, -0.2) is 4.39 Å². The van der Waals surface area contributed by atoms with Crippen molar-refractivity contribution in [2.45, 2.75) is 13.8 Å². The molecule has 1 aromatic rings. The highest BCUT2D eigenvalue weighted by Gasteiger charge is 2.05. The second-order valence-corrected chi connectivity index (χ2v) is 3.31. The van der Waals surface area contributed by atoms with Gasteiger partial charge in [-0.05, 0) is 31.2 Å². The molecule has 3 nitrogen and oxygen atoms in total. The van der Waals surface area contributed by atoms with Gasteiger partial charge in [0, 0.05) is 0 Å². The van der Waals surface area contributed by atoms with E-state index < -0.39 is 5.82 Å². The van der Waals surface area contributed by atoms with Crippen LogP contribution in [0.1, 0.15) is 12.5 Å². The zero-order chi connectivity index (χ0) is 11.3. The van der Waals surface area contributed by atoms with Crippen molar-refractivity contribution in [3.05, 3.63) is 29.6 Å². The maximum atomic E-state index is 13.2. The van der Waals surface area contributed by atoms with Crippen LogP contribution in [0.5, 0.6) is 0 Å². The maximum absolute atomic E-state index is 13.2. The van der Waals surface area contributed by atoms with Crippen LogP contribution < -0.4 is 10.6 Å². The molecule has 0 aliphatic heterocycles. The summed E-state index contributed by atoms with van der Waals surface area (Å²) in [6.45, 7) is 4.66. The maximum Gasteiger partial charge on any atom is 0.238 e. The largest absolute Gasteiger partial charge is 0.322 e. The van der Waals surface area contributed by atoms with E-state index in [9.17, 15) is 9.18 Å². The summed E-state index contributed by atoms with van der Waals surface area (Å²) < 4.78 is 13.2. The Kier molecular flexibility index (Phi) is 4.24. The first-order valence-electron chi connectivity index (χ1n) is 4.90. The number of nitrogens with one attached hydrogen (secondary N) is 2. The molecular formula is C11H15FN2O. The predicted molar refractivity (Wildman–Crippen MR) is 58.3 cm³/mol. The highest BCUT2D eigenvalue weighted by Crippen LogP contribution is 2.15. The Morgan fingerprint density at radius 1 is 1.47 bits per heavy atom. The van der Waals surface area contributed by atoms with Crippen molar-refractivity contribution in [1.82, 2.24) is 5.32 Å². The topological polar surface area (TPSA) is 41.1 Å². The van der Waals surface area contributed by atoms with Crippen LogP contribution in [0.15, 0.2) is 18.2 Å². The molecule has 0 saturated heterocycles. The van der Waals surface area contributed by atoms with Crippen LogP contribution in [0.2, 0.25) is 0 Å². The van der Waals surface area contributed by atoms with Crippen molar-refractivity contribution >= 4 is 11.6 Å². The van der Waals surface area contributed by atoms with Gasteiger partial charge in [0.05, 0.1) is 12.2 Å². The monoisotopic (exact) mass is 210 g/mol. The van der Waals surface area contributed by atoms with Gasteiger partial charge in [-0.3, -0.25) is 4.79 Å². The summed E-state index contributed by atoms with van der Waals surface area (Å²) in [6.07, 6.45) is 0. The van der Waals surface area contributed by atoms with Gasteiger partial charge in [0.15, 0.2) is 0 Å². The number of likely N-dealkylation sites (N-methyl/N-ethyl adjacent to an activating group) is 1. The Hall–Kier alpha value is -1.42. The van der Waals surface area contributed by atoms with E-state index in [-0.39, 0.29) is 18.1 Å². The third-order valence-corrected chi connectivity index (χ3v) is 1.93. The molecule has 0 aliphatic carbocycles. The molecule has 0 heterocycles. The van der Waals surface area contributed by atoms with Crippen LogP contribution in [0, 0.1) is 12.7 Å². The standard InChI is InChI=1S/C11H15FN2O/c1-3-13-7-11(15)14-10-6-8(2)4-5-9(10)12/h4-6,13H,3,7H2,1-2H3,(H,14,15). The van der Waals surface area contributed by atoms with Gasteiger partial charge in [0.2, 0.25) is 5.91 Å². The van der Waals surface area contributed by atoms with Crippen molar-refractivity contribution < 1.29 is 9.18 Å². The molecule has 82 valence electrons. The molecule has 4 heteroatoms. The molecule has 1 amide bonds. The number of aryl methyl sites for hydroxylation is 1. The molecule has 0 spiro atoms. The smallest absolute Gasteiger partial charge is 0.238 e. The first-order valence-corrected chi connectivity index (χ1v) is 4.90. The first kappa shape index (κ1) is 11.7. The molecule has 0 aromatic heterocycles. The number of carbonyl (C=O) groups excluding carboxylic acids is 1. The number of amides is 1. The van der Waals surface area contributed by atoms with Crippen LogP contribution in [-0.2, 0) is 4.79 Å². The van der Waals surface area contributed by atoms with Crippen LogP contribution in [0.25, 0.3) is 0 Å². The number of benzene rings is 1. The number of carbonyl (C=O) groups is 1. The molecule has 0 atom stereocenters. The molecule has 0 bridgehead atoms. The lowest BCUT2D eigenvalue weighted by molar-refractivity contribution is -0.115. The summed E-state index contributed by atoms with van der Waals surface area (Å²) in [6, 6.07) is 4.62. The Morgan fingerprint density at radius 3 is 2.87 bits per heavy atom. The fraction of sp³-hybridized carbons (Fsp3) is 0.364. The number of hydrogen-bond donors (Lipinski definition) is 2. The van der Waals surface area contributed by atoms with Gasteiger partial charge >= 0.3 is 0 Å². The summed E-state index contributed by atoms with van der Waals surface area (Å²) in [7, 11) is 0. The fourth-order valence-electron chi connectivity index (χ4n) is 1.17. The van der Waals surface area contributed by atoms with Gasteiger partial charge in [0.25, 0.3) is 0 Å². The normalized spacial score (nSPS) is 10.1. The van der Waals surface area contributed by atoms with Gasteiger partial charge < -0.3 is 10.6 Å². The van der Waals surface area contributed by atoms with E-state index in [0.29, 0.717) is 6.54 Å². The predicted octanol–water partition coefficient (Wildman–Crippen LogP) is 1.68. The van der Waals surface area contributed by atoms with Gasteiger partial charge in [-0.1, -0.05) is 13.0 Å². The van der Waals surface area contributed by atoms with E-state index in [4.69, 9.17) is 0 Å². The van der Waals surface area contributed by atoms with E-state index in [2.05, 4.69) is 10.6 Å². The van der Waals surface area contributed by atoms with E-state index in [1.165, 1.54) is 6.07 Å². The summed E-state index contributed by atoms with van der Waals surface area (Å²) >= 11 is 0. The highest BCUT2D eigenvalue weighted by atomic mass is 19.1. The second kappa shape index (κ2) is 5.46. The molecule has 0 saturated carbocycles. The Morgan fingerprint density at radius 2 is 2.20 bits per heavy atom. The number of anilines is 1. The molecular weight excluding hydrogens is 195 g/mol. The molecule has 0 aliphatic rings. The summed E-state index contributed by atoms with van der Waals surface area (Å²) in [5, 5.41) is 5.38. The molecule has 15 heavy (non-hydrogen) atoms. The van der Waals surface area contributed by atoms with E-state index in [1.807, 2.05) is 13.8 Å². The van der Waals surface area contributed by atoms with Gasteiger partial charge in [0.1, 0.15) is 5.82 Å². The van der Waals surface area contributed by atoms with Crippen molar-refractivity contribution in [3.63, 3.8) is 0 Å². The minimum absolute atomic E-state index is 0.198. The lowest BCUT2D eigenvalue weighted by Gasteiger charge is -2.07. The number of halogens is 1. The zero-order valence-corrected chi connectivity index (χ0v) is 8.93. The highest BCUT2D eigenvalue weighted by molar-refractivity contribution is 5.92. The van der Waals surface area contributed by atoms with Gasteiger partial charge in [-0.15, -0.1) is 0 Å². The average molecular weight is 210 g/mol. The summed E-state index contributed by atoms with van der Waals surface area (Å²) in [5.74, 6) is -0.646. The molecule has 0 radical (unpaired) electrons. The quantitative estimate of drug-likeness (QED) is 0.794. The molecule has 2 N–H and O–H groups in total. The molecule has 1 rings (SSSR count). The number of rotatable bonds is 4. The van der Waals surface area contributed by atoms with E-state index in [0.717, 1.165) is 5.56 Å². The molecule has 0 fully saturated rings. The van der Waals surface area contributed by atoms with Crippen LogP contribution in [-0.4, -0.2) is 19.0 Å². The third kappa shape index (κ3) is 3.67. The second-order valence-electron chi connectivity index (χ2n) is 3.31. The first-order chi connectivity index (χ1) is 7.13. The van der Waals surface area contributed by atoms with E-state index in [1.54, 1.807) is 12.1 Å². The van der Waals surface area contributed by atoms with Crippen LogP contribution in [0.3, 0.4) is 0 Å². The summed E-state index contributed by atoms with van der Waals surface area (Å²) in [4.78, 5) is 11.3.